The van der Waals surface area contributed by atoms with Crippen molar-refractivity contribution >= 4 is 11.7 Å². The lowest BCUT2D eigenvalue weighted by Crippen LogP contribution is -2.39. The molecule has 1 fully saturated rings. The molecular formula is C12H16N2O3. The van der Waals surface area contributed by atoms with E-state index in [1.54, 1.807) is 7.11 Å². The van der Waals surface area contributed by atoms with Crippen LogP contribution in [0.4, 0.5) is 5.69 Å². The summed E-state index contributed by atoms with van der Waals surface area (Å²) in [6.07, 6.45) is 4.09. The predicted molar refractivity (Wildman–Crippen MR) is 62.9 cm³/mol. The van der Waals surface area contributed by atoms with Crippen molar-refractivity contribution in [2.24, 2.45) is 0 Å². The van der Waals surface area contributed by atoms with Gasteiger partial charge in [0.05, 0.1) is 5.60 Å². The van der Waals surface area contributed by atoms with Crippen molar-refractivity contribution in [3.05, 3.63) is 23.0 Å². The maximum absolute atomic E-state index is 11.2. The third kappa shape index (κ3) is 1.67. The lowest BCUT2D eigenvalue weighted by Gasteiger charge is -2.42. The highest BCUT2D eigenvalue weighted by atomic mass is 16.5. The molecule has 5 heteroatoms. The Bertz CT molecular complexity index is 462. The Kier molecular flexibility index (Phi) is 2.79. The van der Waals surface area contributed by atoms with Gasteiger partial charge in [-0.3, -0.25) is 0 Å². The van der Waals surface area contributed by atoms with Gasteiger partial charge in [-0.2, -0.15) is 0 Å². The van der Waals surface area contributed by atoms with Crippen LogP contribution in [0.1, 0.15) is 40.9 Å². The van der Waals surface area contributed by atoms with Gasteiger partial charge in [-0.25, -0.2) is 9.78 Å². The van der Waals surface area contributed by atoms with Gasteiger partial charge in [0.25, 0.3) is 0 Å². The monoisotopic (exact) mass is 236 g/mol. The first kappa shape index (κ1) is 11.9. The molecule has 0 spiro atoms. The molecule has 0 saturated heterocycles. The smallest absolute Gasteiger partial charge is 0.354 e. The third-order valence-electron chi connectivity index (χ3n) is 3.53. The average molecular weight is 236 g/mol. The summed E-state index contributed by atoms with van der Waals surface area (Å²) in [5, 5.41) is 9.19. The highest BCUT2D eigenvalue weighted by Gasteiger charge is 2.43. The van der Waals surface area contributed by atoms with Crippen molar-refractivity contribution in [1.29, 1.82) is 0 Å². The van der Waals surface area contributed by atoms with Crippen molar-refractivity contribution in [3.63, 3.8) is 0 Å². The van der Waals surface area contributed by atoms with Gasteiger partial charge in [0.2, 0.25) is 0 Å². The lowest BCUT2D eigenvalue weighted by atomic mass is 9.73. The molecular weight excluding hydrogens is 220 g/mol. The summed E-state index contributed by atoms with van der Waals surface area (Å²) in [4.78, 5) is 15.2. The standard InChI is InChI=1S/C12H16N2O3/c1-7-6-14-10(11(15)16)8(9(7)13)12(17-2)4-3-5-12/h6H,3-5H2,1-2H3,(H2,13,14)(H,15,16). The Morgan fingerprint density at radius 3 is 2.65 bits per heavy atom. The molecule has 3 N–H and O–H groups in total. The van der Waals surface area contributed by atoms with Crippen molar-refractivity contribution in [3.8, 4) is 0 Å². The first-order valence-corrected chi connectivity index (χ1v) is 5.56. The quantitative estimate of drug-likeness (QED) is 0.834. The zero-order valence-corrected chi connectivity index (χ0v) is 9.99. The van der Waals surface area contributed by atoms with Crippen LogP contribution in [0, 0.1) is 6.92 Å². The topological polar surface area (TPSA) is 85.4 Å². The van der Waals surface area contributed by atoms with Crippen LogP contribution in [0.15, 0.2) is 6.20 Å². The molecule has 1 saturated carbocycles. The van der Waals surface area contributed by atoms with E-state index in [9.17, 15) is 9.90 Å². The second-order valence-electron chi connectivity index (χ2n) is 4.44. The van der Waals surface area contributed by atoms with Crippen LogP contribution in [0.5, 0.6) is 0 Å². The van der Waals surface area contributed by atoms with Crippen LogP contribution in [-0.2, 0) is 10.3 Å². The number of carboxylic acids is 1. The molecule has 0 radical (unpaired) electrons. The number of hydrogen-bond acceptors (Lipinski definition) is 4. The highest BCUT2D eigenvalue weighted by Crippen LogP contribution is 2.47. The summed E-state index contributed by atoms with van der Waals surface area (Å²) >= 11 is 0. The van der Waals surface area contributed by atoms with Crippen LogP contribution in [-0.4, -0.2) is 23.2 Å². The Hall–Kier alpha value is -1.62. The number of carbonyl (C=O) groups is 1. The first-order valence-electron chi connectivity index (χ1n) is 5.56. The Morgan fingerprint density at radius 2 is 2.24 bits per heavy atom. The molecule has 0 amide bonds. The third-order valence-corrected chi connectivity index (χ3v) is 3.53. The Labute approximate surface area is 99.6 Å². The van der Waals surface area contributed by atoms with E-state index in [1.165, 1.54) is 6.20 Å². The minimum Gasteiger partial charge on any atom is -0.476 e. The van der Waals surface area contributed by atoms with Crippen LogP contribution in [0.25, 0.3) is 0 Å². The summed E-state index contributed by atoms with van der Waals surface area (Å²) in [5.41, 5.74) is 7.27. The van der Waals surface area contributed by atoms with Gasteiger partial charge in [-0.1, -0.05) is 0 Å². The number of nitrogens with two attached hydrogens (primary N) is 1. The minimum atomic E-state index is -1.06. The molecule has 92 valence electrons. The SMILES string of the molecule is COC1(c2c(C(=O)O)ncc(C)c2N)CCC1. The van der Waals surface area contributed by atoms with E-state index in [0.29, 0.717) is 11.3 Å². The van der Waals surface area contributed by atoms with E-state index in [-0.39, 0.29) is 5.69 Å². The van der Waals surface area contributed by atoms with Gasteiger partial charge in [-0.05, 0) is 31.7 Å². The van der Waals surface area contributed by atoms with Crippen LogP contribution < -0.4 is 5.73 Å². The minimum absolute atomic E-state index is 0.00894. The van der Waals surface area contributed by atoms with Crippen molar-refractivity contribution < 1.29 is 14.6 Å². The van der Waals surface area contributed by atoms with Gasteiger partial charge < -0.3 is 15.6 Å². The summed E-state index contributed by atoms with van der Waals surface area (Å²) in [5.74, 6) is -1.06. The molecule has 0 aromatic carbocycles. The van der Waals surface area contributed by atoms with Crippen LogP contribution >= 0.6 is 0 Å². The largest absolute Gasteiger partial charge is 0.476 e. The summed E-state index contributed by atoms with van der Waals surface area (Å²) in [7, 11) is 1.59. The summed E-state index contributed by atoms with van der Waals surface area (Å²) < 4.78 is 5.50. The summed E-state index contributed by atoms with van der Waals surface area (Å²) in [6, 6.07) is 0. The molecule has 1 aromatic rings. The molecule has 1 aliphatic rings. The number of nitrogens with zero attached hydrogens (tertiary/aromatic N) is 1. The van der Waals surface area contributed by atoms with Gasteiger partial charge in [0, 0.05) is 24.6 Å². The molecule has 0 atom stereocenters. The second kappa shape index (κ2) is 4.00. The van der Waals surface area contributed by atoms with Gasteiger partial charge in [0.1, 0.15) is 0 Å². The number of rotatable bonds is 3. The van der Waals surface area contributed by atoms with Crippen molar-refractivity contribution in [2.75, 3.05) is 12.8 Å². The van der Waals surface area contributed by atoms with E-state index in [1.807, 2.05) is 6.92 Å². The predicted octanol–water partition coefficient (Wildman–Crippen LogP) is 1.70. The Balaban J connectivity index is 2.64. The number of pyridine rings is 1. The van der Waals surface area contributed by atoms with Crippen molar-refractivity contribution in [2.45, 2.75) is 31.8 Å². The number of carboxylic acid groups (broad SMARTS) is 1. The van der Waals surface area contributed by atoms with E-state index >= 15 is 0 Å². The lowest BCUT2D eigenvalue weighted by molar-refractivity contribution is -0.0781. The number of aryl methyl sites for hydroxylation is 1. The number of methoxy groups -OCH3 is 1. The molecule has 1 aromatic heterocycles. The number of nitrogen functional groups attached to an aromatic ring is 1. The highest BCUT2D eigenvalue weighted by molar-refractivity contribution is 5.89. The average Bonchev–Trinajstić information content (AvgIpc) is 2.23. The van der Waals surface area contributed by atoms with E-state index in [4.69, 9.17) is 10.5 Å². The number of anilines is 1. The fraction of sp³-hybridized carbons (Fsp3) is 0.500. The van der Waals surface area contributed by atoms with E-state index in [0.717, 1.165) is 24.8 Å². The fourth-order valence-electron chi connectivity index (χ4n) is 2.30. The molecule has 0 aliphatic heterocycles. The first-order chi connectivity index (χ1) is 8.02. The molecule has 2 rings (SSSR count). The second-order valence-corrected chi connectivity index (χ2v) is 4.44. The zero-order valence-electron chi connectivity index (χ0n) is 9.99. The molecule has 0 bridgehead atoms. The normalized spacial score (nSPS) is 17.5. The van der Waals surface area contributed by atoms with E-state index < -0.39 is 11.6 Å². The van der Waals surface area contributed by atoms with Crippen LogP contribution in [0.3, 0.4) is 0 Å². The molecule has 5 nitrogen and oxygen atoms in total. The number of aromatic carboxylic acids is 1. The molecule has 0 unspecified atom stereocenters. The molecule has 17 heavy (non-hydrogen) atoms. The number of hydrogen-bond donors (Lipinski definition) is 2. The van der Waals surface area contributed by atoms with E-state index in [2.05, 4.69) is 4.98 Å². The molecule has 1 heterocycles. The molecule has 1 aliphatic carbocycles. The zero-order chi connectivity index (χ0) is 12.6. The number of aromatic nitrogens is 1. The summed E-state index contributed by atoms with van der Waals surface area (Å²) in [6.45, 7) is 1.82. The number of ether oxygens (including phenoxy) is 1. The maximum atomic E-state index is 11.2. The van der Waals surface area contributed by atoms with Gasteiger partial charge in [-0.15, -0.1) is 0 Å². The van der Waals surface area contributed by atoms with Crippen LogP contribution in [0.2, 0.25) is 0 Å². The fourth-order valence-corrected chi connectivity index (χ4v) is 2.30. The van der Waals surface area contributed by atoms with Gasteiger partial charge >= 0.3 is 5.97 Å². The van der Waals surface area contributed by atoms with Gasteiger partial charge in [0.15, 0.2) is 5.69 Å². The van der Waals surface area contributed by atoms with Crippen molar-refractivity contribution in [1.82, 2.24) is 4.98 Å². The maximum Gasteiger partial charge on any atom is 0.354 e. The Morgan fingerprint density at radius 1 is 1.59 bits per heavy atom.